The Kier molecular flexibility index (Phi) is 3.61. The molecule has 0 aromatic carbocycles. The zero-order chi connectivity index (χ0) is 14.1. The fourth-order valence-corrected chi connectivity index (χ4v) is 3.84. The first-order valence-corrected chi connectivity index (χ1v) is 7.98. The molecular formula is C15H20N4S. The van der Waals surface area contributed by atoms with Gasteiger partial charge in [-0.25, -0.2) is 9.97 Å². The van der Waals surface area contributed by atoms with Gasteiger partial charge in [-0.15, -0.1) is 11.3 Å². The number of fused-ring (bicyclic) bond motifs is 1. The Labute approximate surface area is 123 Å². The largest absolute Gasteiger partial charge is 0.370 e. The van der Waals surface area contributed by atoms with Gasteiger partial charge in [-0.05, 0) is 44.2 Å². The number of nitrogens with zero attached hydrogens (tertiary/aromatic N) is 3. The third kappa shape index (κ3) is 2.16. The van der Waals surface area contributed by atoms with Gasteiger partial charge >= 0.3 is 0 Å². The molecule has 2 aromatic heterocycles. The highest BCUT2D eigenvalue weighted by molar-refractivity contribution is 7.10. The van der Waals surface area contributed by atoms with Crippen LogP contribution in [-0.2, 0) is 6.42 Å². The lowest BCUT2D eigenvalue weighted by molar-refractivity contribution is 0.622. The third-order valence-corrected chi connectivity index (χ3v) is 4.95. The SMILES string of the molecule is CCNc1ncnc(N2CCc3sccc3C2C)c1C. The second-order valence-electron chi connectivity index (χ2n) is 5.12. The molecule has 0 saturated carbocycles. The van der Waals surface area contributed by atoms with Gasteiger partial charge in [0.05, 0.1) is 6.04 Å². The molecule has 20 heavy (non-hydrogen) atoms. The first-order chi connectivity index (χ1) is 9.72. The summed E-state index contributed by atoms with van der Waals surface area (Å²) in [4.78, 5) is 12.8. The highest BCUT2D eigenvalue weighted by Crippen LogP contribution is 2.37. The maximum Gasteiger partial charge on any atom is 0.137 e. The molecule has 106 valence electrons. The van der Waals surface area contributed by atoms with Gasteiger partial charge in [0.2, 0.25) is 0 Å². The molecule has 5 heteroatoms. The number of rotatable bonds is 3. The summed E-state index contributed by atoms with van der Waals surface area (Å²) < 4.78 is 0. The molecule has 1 aliphatic heterocycles. The van der Waals surface area contributed by atoms with E-state index in [1.54, 1.807) is 6.33 Å². The van der Waals surface area contributed by atoms with E-state index in [-0.39, 0.29) is 0 Å². The molecule has 1 N–H and O–H groups in total. The number of thiophene rings is 1. The van der Waals surface area contributed by atoms with Crippen LogP contribution in [0.5, 0.6) is 0 Å². The van der Waals surface area contributed by atoms with Crippen molar-refractivity contribution >= 4 is 23.0 Å². The Balaban J connectivity index is 1.96. The van der Waals surface area contributed by atoms with Crippen molar-refractivity contribution in [2.24, 2.45) is 0 Å². The van der Waals surface area contributed by atoms with Crippen LogP contribution in [0.4, 0.5) is 11.6 Å². The fraction of sp³-hybridized carbons (Fsp3) is 0.467. The van der Waals surface area contributed by atoms with Crippen molar-refractivity contribution in [1.82, 2.24) is 9.97 Å². The van der Waals surface area contributed by atoms with Crippen molar-refractivity contribution in [2.75, 3.05) is 23.3 Å². The Morgan fingerprint density at radius 1 is 1.45 bits per heavy atom. The number of anilines is 2. The van der Waals surface area contributed by atoms with E-state index >= 15 is 0 Å². The standard InChI is InChI=1S/C15H20N4S/c1-4-16-14-10(2)15(18-9-17-14)19-7-5-13-12(11(19)3)6-8-20-13/h6,8-9,11H,4-5,7H2,1-3H3,(H,16,17,18). The second-order valence-corrected chi connectivity index (χ2v) is 6.12. The van der Waals surface area contributed by atoms with Crippen LogP contribution in [0.2, 0.25) is 0 Å². The first kappa shape index (κ1) is 13.4. The smallest absolute Gasteiger partial charge is 0.137 e. The Morgan fingerprint density at radius 3 is 3.10 bits per heavy atom. The van der Waals surface area contributed by atoms with Crippen LogP contribution in [0.1, 0.15) is 35.9 Å². The average molecular weight is 288 g/mol. The molecule has 0 spiro atoms. The van der Waals surface area contributed by atoms with Crippen molar-refractivity contribution in [3.63, 3.8) is 0 Å². The van der Waals surface area contributed by atoms with Gasteiger partial charge in [0, 0.05) is 23.5 Å². The van der Waals surface area contributed by atoms with E-state index in [1.165, 1.54) is 10.4 Å². The lowest BCUT2D eigenvalue weighted by Crippen LogP contribution is -2.34. The highest BCUT2D eigenvalue weighted by atomic mass is 32.1. The van der Waals surface area contributed by atoms with Gasteiger partial charge in [0.25, 0.3) is 0 Å². The molecule has 1 atom stereocenters. The highest BCUT2D eigenvalue weighted by Gasteiger charge is 2.27. The van der Waals surface area contributed by atoms with E-state index in [0.29, 0.717) is 6.04 Å². The molecule has 0 amide bonds. The lowest BCUT2D eigenvalue weighted by Gasteiger charge is -2.35. The Bertz CT molecular complexity index is 608. The van der Waals surface area contributed by atoms with Gasteiger partial charge in [0.1, 0.15) is 18.0 Å². The molecule has 4 nitrogen and oxygen atoms in total. The van der Waals surface area contributed by atoms with Crippen LogP contribution in [0, 0.1) is 6.92 Å². The van der Waals surface area contributed by atoms with Crippen LogP contribution in [0.25, 0.3) is 0 Å². The van der Waals surface area contributed by atoms with Gasteiger partial charge < -0.3 is 10.2 Å². The molecule has 3 heterocycles. The zero-order valence-electron chi connectivity index (χ0n) is 12.2. The van der Waals surface area contributed by atoms with E-state index < -0.39 is 0 Å². The lowest BCUT2D eigenvalue weighted by atomic mass is 10.0. The van der Waals surface area contributed by atoms with Crippen LogP contribution < -0.4 is 10.2 Å². The van der Waals surface area contributed by atoms with Crippen LogP contribution >= 0.6 is 11.3 Å². The number of nitrogens with one attached hydrogen (secondary N) is 1. The van der Waals surface area contributed by atoms with Crippen LogP contribution in [0.3, 0.4) is 0 Å². The average Bonchev–Trinajstić information content (AvgIpc) is 2.92. The van der Waals surface area contributed by atoms with Gasteiger partial charge in [-0.1, -0.05) is 0 Å². The molecule has 2 aromatic rings. The van der Waals surface area contributed by atoms with Crippen LogP contribution in [0.15, 0.2) is 17.8 Å². The Hall–Kier alpha value is -1.62. The summed E-state index contributed by atoms with van der Waals surface area (Å²) in [7, 11) is 0. The van der Waals surface area contributed by atoms with E-state index in [0.717, 1.165) is 36.7 Å². The quantitative estimate of drug-likeness (QED) is 0.940. The van der Waals surface area contributed by atoms with E-state index in [1.807, 2.05) is 11.3 Å². The maximum atomic E-state index is 4.53. The van der Waals surface area contributed by atoms with E-state index in [9.17, 15) is 0 Å². The summed E-state index contributed by atoms with van der Waals surface area (Å²) in [5, 5.41) is 5.50. The Morgan fingerprint density at radius 2 is 2.30 bits per heavy atom. The van der Waals surface area contributed by atoms with Crippen molar-refractivity contribution < 1.29 is 0 Å². The summed E-state index contributed by atoms with van der Waals surface area (Å²) in [6.45, 7) is 8.35. The minimum Gasteiger partial charge on any atom is -0.370 e. The fourth-order valence-electron chi connectivity index (χ4n) is 2.87. The summed E-state index contributed by atoms with van der Waals surface area (Å²) in [6.07, 6.45) is 2.77. The molecule has 0 bridgehead atoms. The van der Waals surface area contributed by atoms with Gasteiger partial charge in [0.15, 0.2) is 0 Å². The van der Waals surface area contributed by atoms with Gasteiger partial charge in [-0.3, -0.25) is 0 Å². The summed E-state index contributed by atoms with van der Waals surface area (Å²) in [5.74, 6) is 2.00. The van der Waals surface area contributed by atoms with Gasteiger partial charge in [-0.2, -0.15) is 0 Å². The zero-order valence-corrected chi connectivity index (χ0v) is 13.0. The summed E-state index contributed by atoms with van der Waals surface area (Å²) >= 11 is 1.87. The molecule has 1 aliphatic rings. The monoisotopic (exact) mass is 288 g/mol. The predicted molar refractivity (Wildman–Crippen MR) is 84.7 cm³/mol. The van der Waals surface area contributed by atoms with E-state index in [2.05, 4.69) is 52.4 Å². The minimum atomic E-state index is 0.382. The summed E-state index contributed by atoms with van der Waals surface area (Å²) in [5.41, 5.74) is 2.59. The second kappa shape index (κ2) is 5.40. The topological polar surface area (TPSA) is 41.1 Å². The summed E-state index contributed by atoms with van der Waals surface area (Å²) in [6, 6.07) is 2.63. The van der Waals surface area contributed by atoms with Crippen molar-refractivity contribution in [1.29, 1.82) is 0 Å². The third-order valence-electron chi connectivity index (χ3n) is 3.95. The molecule has 0 aliphatic carbocycles. The predicted octanol–water partition coefficient (Wildman–Crippen LogP) is 3.40. The molecule has 1 unspecified atom stereocenters. The molecular weight excluding hydrogens is 268 g/mol. The number of hydrogen-bond acceptors (Lipinski definition) is 5. The van der Waals surface area contributed by atoms with Crippen molar-refractivity contribution in [3.05, 3.63) is 33.8 Å². The number of aromatic nitrogens is 2. The molecule has 0 fully saturated rings. The van der Waals surface area contributed by atoms with Crippen molar-refractivity contribution in [2.45, 2.75) is 33.2 Å². The van der Waals surface area contributed by atoms with Crippen molar-refractivity contribution in [3.8, 4) is 0 Å². The maximum absolute atomic E-state index is 4.53. The minimum absolute atomic E-state index is 0.382. The number of hydrogen-bond donors (Lipinski definition) is 1. The molecule has 0 radical (unpaired) electrons. The first-order valence-electron chi connectivity index (χ1n) is 7.10. The normalized spacial score (nSPS) is 17.9. The molecule has 0 saturated heterocycles. The van der Waals surface area contributed by atoms with E-state index in [4.69, 9.17) is 0 Å². The van der Waals surface area contributed by atoms with Crippen LogP contribution in [-0.4, -0.2) is 23.1 Å². The molecule has 3 rings (SSSR count).